The number of carbonyl (C=O) groups excluding carboxylic acids is 2. The van der Waals surface area contributed by atoms with Crippen molar-refractivity contribution >= 4 is 12.0 Å². The van der Waals surface area contributed by atoms with Gasteiger partial charge in [-0.25, -0.2) is 4.79 Å². The first-order valence-electron chi connectivity index (χ1n) is 14.8. The number of hydrogen-bond acceptors (Lipinski definition) is 4. The fourth-order valence-electron chi connectivity index (χ4n) is 5.08. The molecule has 0 aliphatic carbocycles. The summed E-state index contributed by atoms with van der Waals surface area (Å²) in [6, 6.07) is 10.5. The van der Waals surface area contributed by atoms with Gasteiger partial charge in [0.15, 0.2) is 0 Å². The van der Waals surface area contributed by atoms with Crippen molar-refractivity contribution in [1.29, 1.82) is 0 Å². The van der Waals surface area contributed by atoms with E-state index in [1.54, 1.807) is 24.3 Å². The first-order chi connectivity index (χ1) is 19.5. The summed E-state index contributed by atoms with van der Waals surface area (Å²) in [5.41, 5.74) is 7.26. The molecule has 0 aromatic heterocycles. The summed E-state index contributed by atoms with van der Waals surface area (Å²) in [5, 5.41) is 2.30. The summed E-state index contributed by atoms with van der Waals surface area (Å²) in [4.78, 5) is 24.8. The van der Waals surface area contributed by atoms with Gasteiger partial charge in [-0.15, -0.1) is 0 Å². The molecule has 1 N–H and O–H groups in total. The molecule has 2 amide bonds. The molecule has 0 radical (unpaired) electrons. The van der Waals surface area contributed by atoms with Gasteiger partial charge in [-0.3, -0.25) is 10.1 Å². The van der Waals surface area contributed by atoms with Crippen molar-refractivity contribution < 1.29 is 19.1 Å². The van der Waals surface area contributed by atoms with Crippen LogP contribution in [-0.2, 0) is 6.42 Å². The van der Waals surface area contributed by atoms with Crippen molar-refractivity contribution in [2.24, 2.45) is 0 Å². The zero-order valence-corrected chi connectivity index (χ0v) is 26.0. The zero-order chi connectivity index (χ0) is 30.0. The summed E-state index contributed by atoms with van der Waals surface area (Å²) in [7, 11) is 0. The fraction of sp³-hybridized carbons (Fsp3) is 0.444. The molecular weight excluding hydrogens is 510 g/mol. The molecule has 1 aliphatic heterocycles. The van der Waals surface area contributed by atoms with Crippen LogP contribution >= 0.6 is 0 Å². The second-order valence-electron chi connectivity index (χ2n) is 11.9. The van der Waals surface area contributed by atoms with Crippen LogP contribution in [0.15, 0.2) is 71.3 Å². The highest BCUT2D eigenvalue weighted by molar-refractivity contribution is 6.03. The number of nitrogens with one attached hydrogen (secondary N) is 1. The van der Waals surface area contributed by atoms with Crippen LogP contribution in [0, 0.1) is 13.8 Å². The van der Waals surface area contributed by atoms with Crippen LogP contribution in [-0.4, -0.2) is 17.6 Å². The molecule has 3 rings (SSSR count). The number of amides is 2. The minimum absolute atomic E-state index is 0.246. The molecule has 0 spiro atoms. The maximum Gasteiger partial charge on any atom is 0.419 e. The van der Waals surface area contributed by atoms with Crippen molar-refractivity contribution in [3.05, 3.63) is 93.6 Å². The van der Waals surface area contributed by atoms with E-state index in [1.165, 1.54) is 16.7 Å². The number of fused-ring (bicyclic) bond motifs is 1. The maximum absolute atomic E-state index is 12.5. The van der Waals surface area contributed by atoms with Gasteiger partial charge in [0.1, 0.15) is 17.1 Å². The predicted octanol–water partition coefficient (Wildman–Crippen LogP) is 9.52. The lowest BCUT2D eigenvalue weighted by molar-refractivity contribution is 0.0560. The molecule has 220 valence electrons. The largest absolute Gasteiger partial charge is 0.487 e. The number of imide groups is 1. The summed E-state index contributed by atoms with van der Waals surface area (Å²) in [6.45, 7) is 14.9. The molecule has 5 nitrogen and oxygen atoms in total. The number of rotatable bonds is 11. The lowest BCUT2D eigenvalue weighted by Crippen LogP contribution is -2.37. The van der Waals surface area contributed by atoms with Crippen LogP contribution in [0.25, 0.3) is 0 Å². The summed E-state index contributed by atoms with van der Waals surface area (Å²) in [6.07, 6.45) is 14.4. The Balaban J connectivity index is 1.54. The van der Waals surface area contributed by atoms with Crippen molar-refractivity contribution in [1.82, 2.24) is 5.32 Å². The molecule has 0 saturated carbocycles. The number of benzene rings is 2. The molecule has 1 aliphatic rings. The van der Waals surface area contributed by atoms with Gasteiger partial charge in [0.2, 0.25) is 0 Å². The van der Waals surface area contributed by atoms with Gasteiger partial charge >= 0.3 is 6.09 Å². The second kappa shape index (κ2) is 14.9. The molecule has 2 aromatic carbocycles. The lowest BCUT2D eigenvalue weighted by atomic mass is 9.86. The minimum Gasteiger partial charge on any atom is -0.487 e. The lowest BCUT2D eigenvalue weighted by Gasteiger charge is -2.37. The third-order valence-electron chi connectivity index (χ3n) is 7.88. The Labute approximate surface area is 246 Å². The molecule has 1 unspecified atom stereocenters. The fourth-order valence-corrected chi connectivity index (χ4v) is 5.08. The van der Waals surface area contributed by atoms with Gasteiger partial charge in [0, 0.05) is 5.56 Å². The molecule has 5 heteroatoms. The van der Waals surface area contributed by atoms with Crippen molar-refractivity contribution in [2.75, 3.05) is 0 Å². The van der Waals surface area contributed by atoms with Crippen LogP contribution in [0.1, 0.15) is 107 Å². The number of hydrogen-bond donors (Lipinski definition) is 1. The average Bonchev–Trinajstić information content (AvgIpc) is 2.92. The Morgan fingerprint density at radius 1 is 0.927 bits per heavy atom. The molecule has 1 heterocycles. The highest BCUT2D eigenvalue weighted by Crippen LogP contribution is 2.42. The minimum atomic E-state index is -0.792. The van der Waals surface area contributed by atoms with E-state index in [1.807, 2.05) is 26.0 Å². The third kappa shape index (κ3) is 9.77. The van der Waals surface area contributed by atoms with Gasteiger partial charge in [0.05, 0.1) is 0 Å². The van der Waals surface area contributed by atoms with Gasteiger partial charge in [0.25, 0.3) is 5.91 Å². The quantitative estimate of drug-likeness (QED) is 0.279. The topological polar surface area (TPSA) is 64.6 Å². The highest BCUT2D eigenvalue weighted by Gasteiger charge is 2.33. The predicted molar refractivity (Wildman–Crippen MR) is 168 cm³/mol. The number of ether oxygens (including phenoxy) is 2. The van der Waals surface area contributed by atoms with Crippen LogP contribution in [0.5, 0.6) is 11.5 Å². The Kier molecular flexibility index (Phi) is 11.6. The van der Waals surface area contributed by atoms with Crippen LogP contribution in [0.2, 0.25) is 0 Å². The van der Waals surface area contributed by atoms with Crippen molar-refractivity contribution in [2.45, 2.75) is 105 Å². The third-order valence-corrected chi connectivity index (χ3v) is 7.88. The van der Waals surface area contributed by atoms with Crippen LogP contribution < -0.4 is 14.8 Å². The van der Waals surface area contributed by atoms with E-state index < -0.39 is 12.0 Å². The Bertz CT molecular complexity index is 1310. The number of allylic oxidation sites excluding steroid dienone is 6. The van der Waals surface area contributed by atoms with Crippen molar-refractivity contribution in [3.63, 3.8) is 0 Å². The maximum atomic E-state index is 12.5. The summed E-state index contributed by atoms with van der Waals surface area (Å²) >= 11 is 0. The van der Waals surface area contributed by atoms with E-state index in [-0.39, 0.29) is 5.60 Å². The summed E-state index contributed by atoms with van der Waals surface area (Å²) in [5.74, 6) is 0.846. The number of aryl methyl sites for hydroxylation is 1. The molecule has 0 fully saturated rings. The molecular formula is C36H47NO4. The molecule has 1 atom stereocenters. The summed E-state index contributed by atoms with van der Waals surface area (Å²) < 4.78 is 12.2. The van der Waals surface area contributed by atoms with Gasteiger partial charge in [-0.1, -0.05) is 53.1 Å². The SMILES string of the molecule is CC(C)=CCCC(C)=CCCC(C)=CCCC1(C)CCc2cc(OC(=O)NC(=O)c3ccccc3)c(C)c(C)c2O1. The molecule has 0 saturated heterocycles. The van der Waals surface area contributed by atoms with Crippen molar-refractivity contribution in [3.8, 4) is 11.5 Å². The van der Waals surface area contributed by atoms with Gasteiger partial charge in [-0.05, 0) is 135 Å². The normalized spacial score (nSPS) is 16.9. The van der Waals surface area contributed by atoms with E-state index in [2.05, 4.69) is 58.2 Å². The smallest absolute Gasteiger partial charge is 0.419 e. The molecule has 2 aromatic rings. The van der Waals surface area contributed by atoms with E-state index in [9.17, 15) is 9.59 Å². The number of carbonyl (C=O) groups is 2. The zero-order valence-electron chi connectivity index (χ0n) is 26.0. The van der Waals surface area contributed by atoms with Crippen LogP contribution in [0.3, 0.4) is 0 Å². The standard InChI is InChI=1S/C36H47NO4/c1-25(2)14-11-15-26(3)16-12-17-27(4)18-13-22-36(7)23-21-31-24-32(28(5)29(6)33(31)41-36)40-35(39)37-34(38)30-19-9-8-10-20-30/h8-10,14,16,18-20,24H,11-13,15,17,21-23H2,1-7H3,(H,37,38,39). The van der Waals surface area contributed by atoms with E-state index in [0.717, 1.165) is 73.8 Å². The van der Waals surface area contributed by atoms with Gasteiger partial charge in [-0.2, -0.15) is 0 Å². The Morgan fingerprint density at radius 3 is 2.22 bits per heavy atom. The van der Waals surface area contributed by atoms with E-state index in [4.69, 9.17) is 9.47 Å². The van der Waals surface area contributed by atoms with Gasteiger partial charge < -0.3 is 9.47 Å². The first-order valence-corrected chi connectivity index (χ1v) is 14.8. The molecule has 0 bridgehead atoms. The Morgan fingerprint density at radius 2 is 1.56 bits per heavy atom. The molecule has 41 heavy (non-hydrogen) atoms. The first kappa shape index (κ1) is 31.9. The van der Waals surface area contributed by atoms with Crippen LogP contribution in [0.4, 0.5) is 4.79 Å². The monoisotopic (exact) mass is 557 g/mol. The van der Waals surface area contributed by atoms with E-state index >= 15 is 0 Å². The second-order valence-corrected chi connectivity index (χ2v) is 11.9. The Hall–Kier alpha value is -3.60. The highest BCUT2D eigenvalue weighted by atomic mass is 16.6. The van der Waals surface area contributed by atoms with E-state index in [0.29, 0.717) is 11.3 Å². The average molecular weight is 558 g/mol.